The third-order valence-corrected chi connectivity index (χ3v) is 8.57. The van der Waals surface area contributed by atoms with E-state index in [1.807, 2.05) is 30.3 Å². The first-order chi connectivity index (χ1) is 17.6. The van der Waals surface area contributed by atoms with Gasteiger partial charge in [-0.25, -0.2) is 18.3 Å². The van der Waals surface area contributed by atoms with Crippen LogP contribution in [-0.2, 0) is 16.1 Å². The molecule has 0 spiro atoms. The van der Waals surface area contributed by atoms with Crippen molar-refractivity contribution < 1.29 is 17.4 Å². The van der Waals surface area contributed by atoms with Gasteiger partial charge in [0.2, 0.25) is 0 Å². The van der Waals surface area contributed by atoms with E-state index < -0.39 is 21.7 Å². The number of alkyl halides is 3. The number of hydrogen-bond acceptors (Lipinski definition) is 5. The summed E-state index contributed by atoms with van der Waals surface area (Å²) < 4.78 is 61.9. The Morgan fingerprint density at radius 2 is 1.78 bits per heavy atom. The second-order valence-corrected chi connectivity index (χ2v) is 10.9. The van der Waals surface area contributed by atoms with Crippen LogP contribution < -0.4 is 5.32 Å². The molecule has 3 heterocycles. The molecule has 7 nitrogen and oxygen atoms in total. The van der Waals surface area contributed by atoms with Crippen molar-refractivity contribution in [2.24, 2.45) is 0 Å². The largest absolute Gasteiger partial charge is 0.417 e. The lowest BCUT2D eigenvalue weighted by Gasteiger charge is -2.33. The van der Waals surface area contributed by atoms with Gasteiger partial charge >= 0.3 is 6.18 Å². The van der Waals surface area contributed by atoms with Crippen LogP contribution in [0.25, 0.3) is 22.0 Å². The van der Waals surface area contributed by atoms with Crippen LogP contribution in [0, 0.1) is 16.1 Å². The second kappa shape index (κ2) is 9.53. The molecule has 1 aliphatic rings. The van der Waals surface area contributed by atoms with Crippen molar-refractivity contribution in [1.29, 1.82) is 10.0 Å². The zero-order valence-corrected chi connectivity index (χ0v) is 20.4. The predicted molar refractivity (Wildman–Crippen MR) is 135 cm³/mol. The maximum atomic E-state index is 13.4. The highest BCUT2D eigenvalue weighted by atomic mass is 32.2. The number of piperidine rings is 1. The lowest BCUT2D eigenvalue weighted by atomic mass is 10.0. The zero-order valence-electron chi connectivity index (χ0n) is 19.5. The summed E-state index contributed by atoms with van der Waals surface area (Å²) in [6, 6.07) is 17.3. The van der Waals surface area contributed by atoms with E-state index in [1.165, 1.54) is 6.07 Å². The van der Waals surface area contributed by atoms with Gasteiger partial charge in [0.05, 0.1) is 16.0 Å². The van der Waals surface area contributed by atoms with E-state index in [-0.39, 0.29) is 6.04 Å². The summed E-state index contributed by atoms with van der Waals surface area (Å²) in [4.78, 5) is 7.33. The highest BCUT2D eigenvalue weighted by Crippen LogP contribution is 2.30. The molecule has 2 aromatic heterocycles. The minimum atomic E-state index is -4.43. The Morgan fingerprint density at radius 3 is 2.41 bits per heavy atom. The van der Waals surface area contributed by atoms with E-state index in [1.54, 1.807) is 22.6 Å². The average Bonchev–Trinajstić information content (AvgIpc) is 3.31. The summed E-state index contributed by atoms with van der Waals surface area (Å²) in [5, 5.41) is 13.3. The van der Waals surface area contributed by atoms with Crippen molar-refractivity contribution in [2.75, 3.05) is 18.4 Å². The highest BCUT2D eigenvalue weighted by molar-refractivity contribution is 7.90. The Balaban J connectivity index is 1.24. The van der Waals surface area contributed by atoms with Crippen molar-refractivity contribution in [3.05, 3.63) is 78.1 Å². The summed E-state index contributed by atoms with van der Waals surface area (Å²) in [5.41, 5.74) is 2.44. The van der Waals surface area contributed by atoms with Gasteiger partial charge in [-0.15, -0.1) is 0 Å². The standard InChI is InChI=1S/C26H23F3N6OS/c27-26(28,29)20-4-8-25(33-16-20)34-21-9-11-35(12-10-21)37(31,36)22-5-1-17(2-6-22)18-3-7-24-23(13-18)19(14-30)15-32-24/h1-8,13,15-16,21,31-32H,9-12H2,(H,33,34)/t37-/m1/s1. The van der Waals surface area contributed by atoms with Crippen LogP contribution in [0.2, 0.25) is 0 Å². The van der Waals surface area contributed by atoms with Crippen molar-refractivity contribution in [3.63, 3.8) is 0 Å². The quantitative estimate of drug-likeness (QED) is 0.297. The van der Waals surface area contributed by atoms with Gasteiger partial charge in [0.1, 0.15) is 21.8 Å². The van der Waals surface area contributed by atoms with Crippen LogP contribution in [0.15, 0.2) is 71.9 Å². The summed E-state index contributed by atoms with van der Waals surface area (Å²) in [6.07, 6.45) is -0.800. The molecule has 190 valence electrons. The van der Waals surface area contributed by atoms with E-state index >= 15 is 0 Å². The van der Waals surface area contributed by atoms with Crippen molar-refractivity contribution in [1.82, 2.24) is 14.3 Å². The van der Waals surface area contributed by atoms with Crippen LogP contribution in [0.1, 0.15) is 24.0 Å². The third kappa shape index (κ3) is 5.03. The fourth-order valence-corrected chi connectivity index (χ4v) is 6.02. The van der Waals surface area contributed by atoms with Gasteiger partial charge < -0.3 is 10.3 Å². The molecule has 5 rings (SSSR count). The number of halogens is 3. The monoisotopic (exact) mass is 524 g/mol. The number of nitriles is 1. The first-order valence-electron chi connectivity index (χ1n) is 11.6. The molecule has 37 heavy (non-hydrogen) atoms. The molecule has 4 aromatic rings. The number of nitrogens with zero attached hydrogens (tertiary/aromatic N) is 3. The minimum Gasteiger partial charge on any atom is -0.367 e. The zero-order chi connectivity index (χ0) is 26.2. The first kappa shape index (κ1) is 24.8. The fraction of sp³-hybridized carbons (Fsp3) is 0.231. The number of rotatable bonds is 5. The minimum absolute atomic E-state index is 0.0419. The number of fused-ring (bicyclic) bond motifs is 1. The smallest absolute Gasteiger partial charge is 0.367 e. The predicted octanol–water partition coefficient (Wildman–Crippen LogP) is 6.02. The Labute approximate surface area is 212 Å². The molecule has 0 amide bonds. The maximum absolute atomic E-state index is 13.4. The molecule has 1 fully saturated rings. The van der Waals surface area contributed by atoms with Crippen molar-refractivity contribution in [2.45, 2.75) is 30.0 Å². The molecule has 3 N–H and O–H groups in total. The molecule has 0 bridgehead atoms. The number of anilines is 1. The van der Waals surface area contributed by atoms with Gasteiger partial charge in [0.25, 0.3) is 0 Å². The van der Waals surface area contributed by atoms with Gasteiger partial charge in [-0.3, -0.25) is 0 Å². The molecule has 1 aliphatic heterocycles. The Kier molecular flexibility index (Phi) is 6.39. The molecule has 1 saturated heterocycles. The highest BCUT2D eigenvalue weighted by Gasteiger charge is 2.31. The molecule has 0 aliphatic carbocycles. The van der Waals surface area contributed by atoms with Gasteiger partial charge in [-0.2, -0.15) is 18.4 Å². The number of aromatic amines is 1. The Morgan fingerprint density at radius 1 is 1.08 bits per heavy atom. The molecular weight excluding hydrogens is 501 g/mol. The molecular formula is C26H23F3N6OS. The average molecular weight is 525 g/mol. The molecule has 1 atom stereocenters. The molecule has 11 heteroatoms. The van der Waals surface area contributed by atoms with Crippen LogP contribution in [0.4, 0.5) is 19.0 Å². The number of pyridine rings is 1. The number of aromatic nitrogens is 2. The van der Waals surface area contributed by atoms with Crippen LogP contribution >= 0.6 is 0 Å². The lowest BCUT2D eigenvalue weighted by Crippen LogP contribution is -2.42. The SMILES string of the molecule is N#Cc1c[nH]c2ccc(-c3ccc([S@](=N)(=O)N4CCC(Nc5ccc(C(F)(F)F)cn5)CC4)cc3)cc12. The Hall–Kier alpha value is -3.88. The molecule has 2 aromatic carbocycles. The first-order valence-corrected chi connectivity index (χ1v) is 13.1. The van der Waals surface area contributed by atoms with Gasteiger partial charge in [0, 0.05) is 42.4 Å². The van der Waals surface area contributed by atoms with Crippen molar-refractivity contribution >= 4 is 26.6 Å². The van der Waals surface area contributed by atoms with Crippen LogP contribution in [0.3, 0.4) is 0 Å². The summed E-state index contributed by atoms with van der Waals surface area (Å²) in [5.74, 6) is 0.355. The second-order valence-electron chi connectivity index (χ2n) is 8.90. The van der Waals surface area contributed by atoms with Gasteiger partial charge in [0.15, 0.2) is 0 Å². The third-order valence-electron chi connectivity index (χ3n) is 6.57. The number of H-pyrrole nitrogens is 1. The van der Waals surface area contributed by atoms with E-state index in [2.05, 4.69) is 21.4 Å². The number of nitrogens with one attached hydrogen (secondary N) is 3. The number of benzene rings is 2. The van der Waals surface area contributed by atoms with Gasteiger partial charge in [-0.05, 0) is 60.4 Å². The van der Waals surface area contributed by atoms with E-state index in [4.69, 9.17) is 4.78 Å². The van der Waals surface area contributed by atoms with Crippen LogP contribution in [-0.4, -0.2) is 37.6 Å². The van der Waals surface area contributed by atoms with E-state index in [9.17, 15) is 22.6 Å². The van der Waals surface area contributed by atoms with Crippen LogP contribution in [0.5, 0.6) is 0 Å². The van der Waals surface area contributed by atoms with Gasteiger partial charge in [-0.1, -0.05) is 18.2 Å². The summed E-state index contributed by atoms with van der Waals surface area (Å²) in [6.45, 7) is 0.812. The summed E-state index contributed by atoms with van der Waals surface area (Å²) >= 11 is 0. The molecule has 0 saturated carbocycles. The molecule has 0 unspecified atom stereocenters. The van der Waals surface area contributed by atoms with Crippen molar-refractivity contribution in [3.8, 4) is 17.2 Å². The summed E-state index contributed by atoms with van der Waals surface area (Å²) in [7, 11) is -3.20. The van der Waals surface area contributed by atoms with E-state index in [0.29, 0.717) is 42.2 Å². The lowest BCUT2D eigenvalue weighted by molar-refractivity contribution is -0.137. The number of hydrogen-bond donors (Lipinski definition) is 3. The topological polar surface area (TPSA) is 109 Å². The maximum Gasteiger partial charge on any atom is 0.417 e. The van der Waals surface area contributed by atoms with E-state index in [0.717, 1.165) is 34.3 Å². The fourth-order valence-electron chi connectivity index (χ4n) is 4.49. The normalized spacial score (nSPS) is 16.8. The Bertz CT molecular complexity index is 1560. The molecule has 0 radical (unpaired) electrons.